The number of benzene rings is 1. The number of anilines is 1. The Morgan fingerprint density at radius 3 is 2.63 bits per heavy atom. The highest BCUT2D eigenvalue weighted by molar-refractivity contribution is 5.92. The van der Waals surface area contributed by atoms with E-state index >= 15 is 0 Å². The molecule has 1 amide bonds. The van der Waals surface area contributed by atoms with Gasteiger partial charge in [-0.15, -0.1) is 0 Å². The van der Waals surface area contributed by atoms with E-state index in [2.05, 4.69) is 0 Å². The number of carbonyl (C=O) groups is 2. The first-order valence-corrected chi connectivity index (χ1v) is 6.16. The molecular formula is C14H20N2O3. The Labute approximate surface area is 113 Å². The predicted molar refractivity (Wildman–Crippen MR) is 73.8 cm³/mol. The Morgan fingerprint density at radius 1 is 1.32 bits per heavy atom. The number of nitrogens with zero attached hydrogens (tertiary/aromatic N) is 1. The van der Waals surface area contributed by atoms with E-state index in [0.29, 0.717) is 24.1 Å². The molecule has 5 nitrogen and oxygen atoms in total. The summed E-state index contributed by atoms with van der Waals surface area (Å²) >= 11 is 0. The fourth-order valence-electron chi connectivity index (χ4n) is 1.56. The van der Waals surface area contributed by atoms with E-state index in [9.17, 15) is 9.59 Å². The summed E-state index contributed by atoms with van der Waals surface area (Å²) in [6.07, 6.45) is 0.889. The van der Waals surface area contributed by atoms with Crippen LogP contribution in [0.15, 0.2) is 18.2 Å². The van der Waals surface area contributed by atoms with Gasteiger partial charge < -0.3 is 15.4 Å². The normalized spacial score (nSPS) is 10.1. The summed E-state index contributed by atoms with van der Waals surface area (Å²) in [5.74, 6) is -0.377. The second-order valence-corrected chi connectivity index (χ2v) is 4.55. The Bertz CT molecular complexity index is 470. The van der Waals surface area contributed by atoms with Gasteiger partial charge in [-0.1, -0.05) is 6.07 Å². The third kappa shape index (κ3) is 4.28. The van der Waals surface area contributed by atoms with Crippen molar-refractivity contribution in [3.63, 3.8) is 0 Å². The summed E-state index contributed by atoms with van der Waals surface area (Å²) in [6, 6.07) is 5.13. The van der Waals surface area contributed by atoms with Crippen LogP contribution in [0.4, 0.5) is 5.69 Å². The van der Waals surface area contributed by atoms with E-state index in [1.165, 1.54) is 4.90 Å². The van der Waals surface area contributed by atoms with Crippen molar-refractivity contribution in [1.82, 2.24) is 4.90 Å². The van der Waals surface area contributed by atoms with Gasteiger partial charge in [-0.25, -0.2) is 4.79 Å². The molecule has 104 valence electrons. The first kappa shape index (κ1) is 15.0. The molecule has 1 aromatic rings. The molecule has 2 N–H and O–H groups in total. The maximum atomic E-state index is 11.8. The Morgan fingerprint density at radius 2 is 2.00 bits per heavy atom. The van der Waals surface area contributed by atoms with E-state index in [1.54, 1.807) is 39.2 Å². The van der Waals surface area contributed by atoms with Gasteiger partial charge in [0.2, 0.25) is 5.91 Å². The summed E-state index contributed by atoms with van der Waals surface area (Å²) in [4.78, 5) is 24.7. The average Bonchev–Trinajstić information content (AvgIpc) is 2.37. The van der Waals surface area contributed by atoms with Crippen molar-refractivity contribution in [3.05, 3.63) is 29.3 Å². The molecule has 0 unspecified atom stereocenters. The number of hydrogen-bond donors (Lipinski definition) is 1. The molecular weight excluding hydrogens is 244 g/mol. The lowest BCUT2D eigenvalue weighted by Gasteiger charge is -2.11. The van der Waals surface area contributed by atoms with Gasteiger partial charge in [0.15, 0.2) is 0 Å². The highest BCUT2D eigenvalue weighted by atomic mass is 16.5. The molecule has 19 heavy (non-hydrogen) atoms. The third-order valence-corrected chi connectivity index (χ3v) is 2.86. The van der Waals surface area contributed by atoms with Gasteiger partial charge in [0.1, 0.15) is 0 Å². The number of nitrogen functional groups attached to an aromatic ring is 1. The van der Waals surface area contributed by atoms with Crippen LogP contribution in [0.3, 0.4) is 0 Å². The van der Waals surface area contributed by atoms with Crippen molar-refractivity contribution in [2.75, 3.05) is 26.4 Å². The minimum atomic E-state index is -0.401. The number of amides is 1. The van der Waals surface area contributed by atoms with Gasteiger partial charge >= 0.3 is 5.97 Å². The zero-order chi connectivity index (χ0) is 14.4. The van der Waals surface area contributed by atoms with Gasteiger partial charge in [-0.05, 0) is 31.0 Å². The first-order valence-electron chi connectivity index (χ1n) is 6.16. The van der Waals surface area contributed by atoms with Gasteiger partial charge in [-0.3, -0.25) is 4.79 Å². The number of nitrogens with two attached hydrogens (primary N) is 1. The van der Waals surface area contributed by atoms with Crippen molar-refractivity contribution >= 4 is 17.6 Å². The standard InChI is InChI=1S/C14H20N2O3/c1-10-11(6-4-7-12(10)15)14(18)19-9-5-8-13(17)16(2)3/h4,6-7H,5,8-9,15H2,1-3H3. The lowest BCUT2D eigenvalue weighted by Crippen LogP contribution is -2.21. The summed E-state index contributed by atoms with van der Waals surface area (Å²) in [5, 5.41) is 0. The summed E-state index contributed by atoms with van der Waals surface area (Å²) < 4.78 is 5.13. The van der Waals surface area contributed by atoms with Crippen LogP contribution >= 0.6 is 0 Å². The van der Waals surface area contributed by atoms with Crippen LogP contribution in [0.25, 0.3) is 0 Å². The molecule has 0 spiro atoms. The zero-order valence-corrected chi connectivity index (χ0v) is 11.6. The second kappa shape index (κ2) is 6.78. The first-order chi connectivity index (χ1) is 8.93. The Balaban J connectivity index is 2.44. The molecule has 5 heteroatoms. The van der Waals surface area contributed by atoms with Crippen molar-refractivity contribution < 1.29 is 14.3 Å². The van der Waals surface area contributed by atoms with Crippen molar-refractivity contribution in [3.8, 4) is 0 Å². The fraction of sp³-hybridized carbons (Fsp3) is 0.429. The van der Waals surface area contributed by atoms with Crippen LogP contribution in [0, 0.1) is 6.92 Å². The topological polar surface area (TPSA) is 72.6 Å². The predicted octanol–water partition coefficient (Wildman–Crippen LogP) is 1.60. The third-order valence-electron chi connectivity index (χ3n) is 2.86. The van der Waals surface area contributed by atoms with Crippen LogP contribution in [0.2, 0.25) is 0 Å². The number of ether oxygens (including phenoxy) is 1. The summed E-state index contributed by atoms with van der Waals surface area (Å²) in [7, 11) is 3.40. The maximum absolute atomic E-state index is 11.8. The number of esters is 1. The molecule has 0 heterocycles. The largest absolute Gasteiger partial charge is 0.462 e. The van der Waals surface area contributed by atoms with Crippen molar-refractivity contribution in [1.29, 1.82) is 0 Å². The van der Waals surface area contributed by atoms with Crippen LogP contribution in [-0.4, -0.2) is 37.5 Å². The lowest BCUT2D eigenvalue weighted by atomic mass is 10.1. The molecule has 0 saturated carbocycles. The highest BCUT2D eigenvalue weighted by Crippen LogP contribution is 2.16. The minimum Gasteiger partial charge on any atom is -0.462 e. The summed E-state index contributed by atoms with van der Waals surface area (Å²) in [5.41, 5.74) is 7.49. The van der Waals surface area contributed by atoms with Gasteiger partial charge in [0.25, 0.3) is 0 Å². The lowest BCUT2D eigenvalue weighted by molar-refractivity contribution is -0.128. The van der Waals surface area contributed by atoms with Crippen LogP contribution < -0.4 is 5.73 Å². The van der Waals surface area contributed by atoms with Crippen molar-refractivity contribution in [2.45, 2.75) is 19.8 Å². The molecule has 0 bridgehead atoms. The zero-order valence-electron chi connectivity index (χ0n) is 11.6. The van der Waals surface area contributed by atoms with E-state index in [-0.39, 0.29) is 12.5 Å². The monoisotopic (exact) mass is 264 g/mol. The SMILES string of the molecule is Cc1c(N)cccc1C(=O)OCCCC(=O)N(C)C. The number of carbonyl (C=O) groups excluding carboxylic acids is 2. The van der Waals surface area contributed by atoms with Crippen LogP contribution in [0.1, 0.15) is 28.8 Å². The molecule has 0 atom stereocenters. The van der Waals surface area contributed by atoms with Crippen LogP contribution in [-0.2, 0) is 9.53 Å². The second-order valence-electron chi connectivity index (χ2n) is 4.55. The summed E-state index contributed by atoms with van der Waals surface area (Å²) in [6.45, 7) is 2.01. The molecule has 0 fully saturated rings. The van der Waals surface area contributed by atoms with E-state index in [0.717, 1.165) is 5.56 Å². The van der Waals surface area contributed by atoms with Gasteiger partial charge in [0.05, 0.1) is 12.2 Å². The smallest absolute Gasteiger partial charge is 0.338 e. The fourth-order valence-corrected chi connectivity index (χ4v) is 1.56. The molecule has 1 aromatic carbocycles. The minimum absolute atomic E-state index is 0.0242. The quantitative estimate of drug-likeness (QED) is 0.498. The van der Waals surface area contributed by atoms with Crippen molar-refractivity contribution in [2.24, 2.45) is 0 Å². The van der Waals surface area contributed by atoms with Crippen LogP contribution in [0.5, 0.6) is 0 Å². The molecule has 0 aliphatic heterocycles. The molecule has 0 saturated heterocycles. The van der Waals surface area contributed by atoms with Gasteiger partial charge in [-0.2, -0.15) is 0 Å². The molecule has 0 aliphatic rings. The van der Waals surface area contributed by atoms with E-state index < -0.39 is 5.97 Å². The van der Waals surface area contributed by atoms with E-state index in [1.807, 2.05) is 0 Å². The molecule has 1 rings (SSSR count). The number of hydrogen-bond acceptors (Lipinski definition) is 4. The van der Waals surface area contributed by atoms with E-state index in [4.69, 9.17) is 10.5 Å². The Hall–Kier alpha value is -2.04. The number of rotatable bonds is 5. The Kier molecular flexibility index (Phi) is 5.36. The molecule has 0 radical (unpaired) electrons. The maximum Gasteiger partial charge on any atom is 0.338 e. The molecule has 0 aromatic heterocycles. The van der Waals surface area contributed by atoms with Gasteiger partial charge in [0, 0.05) is 26.2 Å². The highest BCUT2D eigenvalue weighted by Gasteiger charge is 2.12. The molecule has 0 aliphatic carbocycles. The average molecular weight is 264 g/mol.